The van der Waals surface area contributed by atoms with Crippen LogP contribution >= 0.6 is 0 Å². The quantitative estimate of drug-likeness (QED) is 0.920. The zero-order valence-corrected chi connectivity index (χ0v) is 12.3. The van der Waals surface area contributed by atoms with Gasteiger partial charge in [0.1, 0.15) is 5.75 Å². The summed E-state index contributed by atoms with van der Waals surface area (Å²) in [6.07, 6.45) is -0.367. The van der Waals surface area contributed by atoms with E-state index in [0.717, 1.165) is 6.42 Å². The van der Waals surface area contributed by atoms with E-state index >= 15 is 0 Å². The predicted molar refractivity (Wildman–Crippen MR) is 74.1 cm³/mol. The highest BCUT2D eigenvalue weighted by molar-refractivity contribution is 5.30. The van der Waals surface area contributed by atoms with E-state index in [1.807, 2.05) is 0 Å². The number of alkyl halides is 3. The van der Waals surface area contributed by atoms with Crippen LogP contribution in [0.25, 0.3) is 0 Å². The number of halogens is 3. The fourth-order valence-electron chi connectivity index (χ4n) is 3.33. The molecule has 2 rings (SSSR count). The van der Waals surface area contributed by atoms with Crippen LogP contribution in [0.1, 0.15) is 37.4 Å². The first-order valence-corrected chi connectivity index (χ1v) is 7.22. The van der Waals surface area contributed by atoms with Crippen LogP contribution in [0.2, 0.25) is 0 Å². The van der Waals surface area contributed by atoms with Gasteiger partial charge in [-0.25, -0.2) is 0 Å². The van der Waals surface area contributed by atoms with Crippen LogP contribution in [0.3, 0.4) is 0 Å². The van der Waals surface area contributed by atoms with Crippen LogP contribution in [0.4, 0.5) is 13.2 Å². The SMILES string of the molecule is CNC(c1ncccc1OC)C1CCCCC1C(F)(F)F. The minimum atomic E-state index is -4.16. The van der Waals surface area contributed by atoms with Crippen LogP contribution in [-0.2, 0) is 0 Å². The molecular formula is C15H21F3N2O. The number of pyridine rings is 1. The Morgan fingerprint density at radius 3 is 2.67 bits per heavy atom. The Labute approximate surface area is 122 Å². The number of nitrogens with zero attached hydrogens (tertiary/aromatic N) is 1. The van der Waals surface area contributed by atoms with Crippen molar-refractivity contribution in [2.45, 2.75) is 37.9 Å². The Kier molecular flexibility index (Phi) is 5.08. The number of hydrogen-bond donors (Lipinski definition) is 1. The third kappa shape index (κ3) is 3.48. The maximum Gasteiger partial charge on any atom is 0.392 e. The van der Waals surface area contributed by atoms with Gasteiger partial charge in [0, 0.05) is 6.20 Å². The van der Waals surface area contributed by atoms with E-state index in [2.05, 4.69) is 10.3 Å². The molecule has 118 valence electrons. The van der Waals surface area contributed by atoms with Crippen LogP contribution in [0.15, 0.2) is 18.3 Å². The summed E-state index contributed by atoms with van der Waals surface area (Å²) in [6.45, 7) is 0. The highest BCUT2D eigenvalue weighted by atomic mass is 19.4. The second-order valence-electron chi connectivity index (χ2n) is 5.45. The molecule has 0 aliphatic heterocycles. The number of hydrogen-bond acceptors (Lipinski definition) is 3. The number of rotatable bonds is 4. The standard InChI is InChI=1S/C15H21F3N2O/c1-19-13(14-12(21-2)8-5-9-20-14)10-6-3-4-7-11(10)15(16,17)18/h5,8-11,13,19H,3-4,6-7H2,1-2H3. The van der Waals surface area contributed by atoms with Gasteiger partial charge in [-0.1, -0.05) is 12.8 Å². The Morgan fingerprint density at radius 1 is 1.33 bits per heavy atom. The summed E-state index contributed by atoms with van der Waals surface area (Å²) in [5, 5.41) is 3.02. The molecule has 0 saturated heterocycles. The summed E-state index contributed by atoms with van der Waals surface area (Å²) in [5.41, 5.74) is 0.559. The fourth-order valence-corrected chi connectivity index (χ4v) is 3.33. The zero-order valence-electron chi connectivity index (χ0n) is 12.3. The van der Waals surface area contributed by atoms with Crippen LogP contribution < -0.4 is 10.1 Å². The van der Waals surface area contributed by atoms with Gasteiger partial charge >= 0.3 is 6.18 Å². The van der Waals surface area contributed by atoms with Crippen molar-refractivity contribution in [2.75, 3.05) is 14.2 Å². The number of aromatic nitrogens is 1. The lowest BCUT2D eigenvalue weighted by atomic mass is 9.73. The number of ether oxygens (including phenoxy) is 1. The van der Waals surface area contributed by atoms with Crippen molar-refractivity contribution in [1.29, 1.82) is 0 Å². The molecule has 1 saturated carbocycles. The van der Waals surface area contributed by atoms with Gasteiger partial charge in [0.25, 0.3) is 0 Å². The molecule has 1 aromatic rings. The average molecular weight is 302 g/mol. The molecule has 3 nitrogen and oxygen atoms in total. The molecule has 0 amide bonds. The molecule has 0 bridgehead atoms. The lowest BCUT2D eigenvalue weighted by Crippen LogP contribution is -2.40. The topological polar surface area (TPSA) is 34.2 Å². The normalized spacial score (nSPS) is 24.6. The largest absolute Gasteiger partial charge is 0.495 e. The Bertz CT molecular complexity index is 464. The van der Waals surface area contributed by atoms with Crippen LogP contribution in [0.5, 0.6) is 5.75 Å². The Hall–Kier alpha value is -1.30. The molecular weight excluding hydrogens is 281 g/mol. The summed E-state index contributed by atoms with van der Waals surface area (Å²) in [6, 6.07) is 3.00. The second kappa shape index (κ2) is 6.64. The van der Waals surface area contributed by atoms with Crippen molar-refractivity contribution in [3.05, 3.63) is 24.0 Å². The second-order valence-corrected chi connectivity index (χ2v) is 5.45. The highest BCUT2D eigenvalue weighted by Gasteiger charge is 2.48. The molecule has 3 unspecified atom stereocenters. The molecule has 1 heterocycles. The van der Waals surface area contributed by atoms with Gasteiger partial charge in [0.15, 0.2) is 0 Å². The molecule has 21 heavy (non-hydrogen) atoms. The molecule has 1 aliphatic rings. The first-order valence-electron chi connectivity index (χ1n) is 7.22. The van der Waals surface area contributed by atoms with Gasteiger partial charge < -0.3 is 10.1 Å². The zero-order chi connectivity index (χ0) is 15.5. The third-order valence-electron chi connectivity index (χ3n) is 4.29. The van der Waals surface area contributed by atoms with E-state index in [0.29, 0.717) is 24.3 Å². The number of nitrogens with one attached hydrogen (secondary N) is 1. The molecule has 1 fully saturated rings. The smallest absolute Gasteiger partial charge is 0.392 e. The van der Waals surface area contributed by atoms with Gasteiger partial charge in [-0.05, 0) is 37.9 Å². The van der Waals surface area contributed by atoms with E-state index in [9.17, 15) is 13.2 Å². The molecule has 0 aromatic carbocycles. The lowest BCUT2D eigenvalue weighted by molar-refractivity contribution is -0.199. The molecule has 6 heteroatoms. The van der Waals surface area contributed by atoms with Gasteiger partial charge in [0.2, 0.25) is 0 Å². The van der Waals surface area contributed by atoms with Crippen molar-refractivity contribution in [1.82, 2.24) is 10.3 Å². The fraction of sp³-hybridized carbons (Fsp3) is 0.667. The van der Waals surface area contributed by atoms with E-state index in [4.69, 9.17) is 4.74 Å². The van der Waals surface area contributed by atoms with Crippen molar-refractivity contribution >= 4 is 0 Å². The third-order valence-corrected chi connectivity index (χ3v) is 4.29. The molecule has 0 radical (unpaired) electrons. The van der Waals surface area contributed by atoms with E-state index in [-0.39, 0.29) is 6.42 Å². The summed E-state index contributed by atoms with van der Waals surface area (Å²) in [7, 11) is 3.19. The Balaban J connectivity index is 2.34. The molecule has 1 aromatic heterocycles. The first-order chi connectivity index (χ1) is 9.99. The highest BCUT2D eigenvalue weighted by Crippen LogP contribution is 2.47. The average Bonchev–Trinajstić information content (AvgIpc) is 2.48. The van der Waals surface area contributed by atoms with Gasteiger partial charge in [-0.15, -0.1) is 0 Å². The lowest BCUT2D eigenvalue weighted by Gasteiger charge is -2.38. The molecule has 1 aliphatic carbocycles. The van der Waals surface area contributed by atoms with E-state index < -0.39 is 24.1 Å². The van der Waals surface area contributed by atoms with Crippen molar-refractivity contribution in [3.8, 4) is 5.75 Å². The summed E-state index contributed by atoms with van der Waals surface area (Å²) in [5.74, 6) is -1.26. The van der Waals surface area contributed by atoms with E-state index in [1.165, 1.54) is 7.11 Å². The van der Waals surface area contributed by atoms with Crippen molar-refractivity contribution < 1.29 is 17.9 Å². The molecule has 3 atom stereocenters. The maximum absolute atomic E-state index is 13.3. The van der Waals surface area contributed by atoms with Crippen molar-refractivity contribution in [2.24, 2.45) is 11.8 Å². The van der Waals surface area contributed by atoms with Gasteiger partial charge in [0.05, 0.1) is 24.8 Å². The van der Waals surface area contributed by atoms with Gasteiger partial charge in [-0.3, -0.25) is 4.98 Å². The first kappa shape index (κ1) is 16.1. The van der Waals surface area contributed by atoms with Crippen molar-refractivity contribution in [3.63, 3.8) is 0 Å². The minimum absolute atomic E-state index is 0.196. The molecule has 0 spiro atoms. The Morgan fingerprint density at radius 2 is 2.05 bits per heavy atom. The van der Waals surface area contributed by atoms with Crippen LogP contribution in [-0.4, -0.2) is 25.3 Å². The molecule has 1 N–H and O–H groups in total. The van der Waals surface area contributed by atoms with E-state index in [1.54, 1.807) is 25.4 Å². The summed E-state index contributed by atoms with van der Waals surface area (Å²) >= 11 is 0. The maximum atomic E-state index is 13.3. The van der Waals surface area contributed by atoms with Gasteiger partial charge in [-0.2, -0.15) is 13.2 Å². The van der Waals surface area contributed by atoms with Crippen LogP contribution in [0, 0.1) is 11.8 Å². The predicted octanol–water partition coefficient (Wildman–Crippen LogP) is 3.72. The summed E-state index contributed by atoms with van der Waals surface area (Å²) in [4.78, 5) is 4.26. The monoisotopic (exact) mass is 302 g/mol. The summed E-state index contributed by atoms with van der Waals surface area (Å²) < 4.78 is 45.2. The number of methoxy groups -OCH3 is 1. The minimum Gasteiger partial charge on any atom is -0.495 e.